The Morgan fingerprint density at radius 2 is 1.71 bits per heavy atom. The summed E-state index contributed by atoms with van der Waals surface area (Å²) in [7, 11) is 0. The fraction of sp³-hybridized carbons (Fsp3) is 0.565. The van der Waals surface area contributed by atoms with Crippen LogP contribution in [-0.4, -0.2) is 82.4 Å². The maximum absolute atomic E-state index is 13.0. The van der Waals surface area contributed by atoms with Crippen molar-refractivity contribution in [3.05, 3.63) is 29.8 Å². The second-order valence-electron chi connectivity index (χ2n) is 8.02. The molecular weight excluding hydrogens is 480 g/mol. The van der Waals surface area contributed by atoms with Crippen molar-refractivity contribution in [1.82, 2.24) is 10.6 Å². The van der Waals surface area contributed by atoms with E-state index in [1.807, 2.05) is 12.1 Å². The van der Waals surface area contributed by atoms with E-state index in [4.69, 9.17) is 19.9 Å². The molecule has 12 heteroatoms. The first-order valence-electron chi connectivity index (χ1n) is 11.5. The highest BCUT2D eigenvalue weighted by Gasteiger charge is 2.35. The lowest BCUT2D eigenvalue weighted by Crippen LogP contribution is -2.53. The third kappa shape index (κ3) is 8.25. The largest absolute Gasteiger partial charge is 0.378 e. The third-order valence-corrected chi connectivity index (χ3v) is 5.65. The van der Waals surface area contributed by atoms with Crippen molar-refractivity contribution >= 4 is 41.7 Å². The van der Waals surface area contributed by atoms with Crippen molar-refractivity contribution in [2.75, 3.05) is 57.6 Å². The van der Waals surface area contributed by atoms with E-state index >= 15 is 0 Å². The molecule has 0 aliphatic carbocycles. The van der Waals surface area contributed by atoms with Crippen LogP contribution < -0.4 is 21.3 Å². The fourth-order valence-electron chi connectivity index (χ4n) is 3.96. The number of carbonyl (C=O) groups is 4. The summed E-state index contributed by atoms with van der Waals surface area (Å²) < 4.78 is 16.0. The zero-order valence-electron chi connectivity index (χ0n) is 19.5. The SMILES string of the molecule is Cl.NCCOCCOCCOCC(=O)N1CC[C@@H](C(=O)N[C@H]2CCC(=O)NC2=O)c2ccccc21. The zero-order chi connectivity index (χ0) is 24.3. The Morgan fingerprint density at radius 1 is 1.03 bits per heavy atom. The average Bonchev–Trinajstić information content (AvgIpc) is 2.83. The number of benzene rings is 1. The quantitative estimate of drug-likeness (QED) is 0.259. The highest BCUT2D eigenvalue weighted by molar-refractivity contribution is 6.03. The number of rotatable bonds is 12. The van der Waals surface area contributed by atoms with Crippen molar-refractivity contribution in [2.24, 2.45) is 5.73 Å². The van der Waals surface area contributed by atoms with E-state index in [0.717, 1.165) is 0 Å². The fourth-order valence-corrected chi connectivity index (χ4v) is 3.96. The molecule has 2 aliphatic heterocycles. The highest BCUT2D eigenvalue weighted by Crippen LogP contribution is 2.35. The monoisotopic (exact) mass is 512 g/mol. The van der Waals surface area contributed by atoms with Gasteiger partial charge in [-0.1, -0.05) is 18.2 Å². The number of ether oxygens (including phenoxy) is 3. The lowest BCUT2D eigenvalue weighted by atomic mass is 9.88. The number of carbonyl (C=O) groups excluding carboxylic acids is 4. The molecule has 4 amide bonds. The summed E-state index contributed by atoms with van der Waals surface area (Å²) in [4.78, 5) is 50.7. The van der Waals surface area contributed by atoms with Crippen LogP contribution in [0.25, 0.3) is 0 Å². The smallest absolute Gasteiger partial charge is 0.252 e. The molecule has 194 valence electrons. The Balaban J connectivity index is 0.00000432. The van der Waals surface area contributed by atoms with E-state index in [-0.39, 0.29) is 56.2 Å². The Kier molecular flexibility index (Phi) is 12.1. The molecular formula is C23H33ClN4O7. The van der Waals surface area contributed by atoms with E-state index in [9.17, 15) is 19.2 Å². The van der Waals surface area contributed by atoms with Crippen LogP contribution >= 0.6 is 12.4 Å². The Hall–Kier alpha value is -2.57. The zero-order valence-corrected chi connectivity index (χ0v) is 20.3. The normalized spacial score (nSPS) is 19.4. The van der Waals surface area contributed by atoms with Crippen molar-refractivity contribution < 1.29 is 33.4 Å². The molecule has 0 spiro atoms. The number of fused-ring (bicyclic) bond motifs is 1. The van der Waals surface area contributed by atoms with Gasteiger partial charge in [0, 0.05) is 25.2 Å². The first kappa shape index (κ1) is 28.7. The molecule has 1 aromatic carbocycles. The van der Waals surface area contributed by atoms with Crippen molar-refractivity contribution in [3.8, 4) is 0 Å². The Labute approximate surface area is 210 Å². The van der Waals surface area contributed by atoms with E-state index in [2.05, 4.69) is 10.6 Å². The summed E-state index contributed by atoms with van der Waals surface area (Å²) in [6, 6.07) is 6.49. The maximum atomic E-state index is 13.0. The lowest BCUT2D eigenvalue weighted by molar-refractivity contribution is -0.137. The van der Waals surface area contributed by atoms with Gasteiger partial charge in [-0.2, -0.15) is 0 Å². The average molecular weight is 513 g/mol. The lowest BCUT2D eigenvalue weighted by Gasteiger charge is -2.34. The first-order chi connectivity index (χ1) is 16.5. The number of piperidine rings is 1. The number of imide groups is 1. The van der Waals surface area contributed by atoms with Crippen LogP contribution in [-0.2, 0) is 33.4 Å². The second kappa shape index (κ2) is 14.7. The molecule has 1 aromatic rings. The van der Waals surface area contributed by atoms with Gasteiger partial charge in [0.25, 0.3) is 5.91 Å². The number of amides is 4. The number of hydrogen-bond donors (Lipinski definition) is 3. The maximum Gasteiger partial charge on any atom is 0.252 e. The number of hydrogen-bond acceptors (Lipinski definition) is 8. The summed E-state index contributed by atoms with van der Waals surface area (Å²) in [6.07, 6.45) is 0.873. The van der Waals surface area contributed by atoms with Crippen molar-refractivity contribution in [1.29, 1.82) is 0 Å². The summed E-state index contributed by atoms with van der Waals surface area (Å²) in [5.74, 6) is -1.82. The minimum Gasteiger partial charge on any atom is -0.378 e. The summed E-state index contributed by atoms with van der Waals surface area (Å²) in [5.41, 5.74) is 6.70. The van der Waals surface area contributed by atoms with E-state index in [1.54, 1.807) is 17.0 Å². The number of nitrogens with two attached hydrogens (primary N) is 1. The molecule has 0 radical (unpaired) electrons. The molecule has 0 saturated carbocycles. The predicted molar refractivity (Wildman–Crippen MR) is 129 cm³/mol. The van der Waals surface area contributed by atoms with Crippen LogP contribution in [0.15, 0.2) is 24.3 Å². The molecule has 35 heavy (non-hydrogen) atoms. The van der Waals surface area contributed by atoms with Gasteiger partial charge in [-0.3, -0.25) is 24.5 Å². The molecule has 1 saturated heterocycles. The van der Waals surface area contributed by atoms with Gasteiger partial charge in [0.15, 0.2) is 0 Å². The van der Waals surface area contributed by atoms with Crippen LogP contribution in [0.4, 0.5) is 5.69 Å². The van der Waals surface area contributed by atoms with Crippen molar-refractivity contribution in [3.63, 3.8) is 0 Å². The molecule has 0 unspecified atom stereocenters. The van der Waals surface area contributed by atoms with Gasteiger partial charge in [0.05, 0.1) is 39.0 Å². The van der Waals surface area contributed by atoms with Crippen LogP contribution in [0, 0.1) is 0 Å². The number of halogens is 1. The second-order valence-corrected chi connectivity index (χ2v) is 8.02. The van der Waals surface area contributed by atoms with Crippen LogP contribution in [0.1, 0.15) is 30.7 Å². The number of nitrogens with one attached hydrogen (secondary N) is 2. The Bertz CT molecular complexity index is 885. The van der Waals surface area contributed by atoms with E-state index in [0.29, 0.717) is 57.2 Å². The highest BCUT2D eigenvalue weighted by atomic mass is 35.5. The van der Waals surface area contributed by atoms with Gasteiger partial charge in [0.2, 0.25) is 17.7 Å². The van der Waals surface area contributed by atoms with Gasteiger partial charge < -0.3 is 30.2 Å². The molecule has 0 aromatic heterocycles. The molecule has 2 atom stereocenters. The molecule has 11 nitrogen and oxygen atoms in total. The topological polar surface area (TPSA) is 149 Å². The molecule has 3 rings (SSSR count). The van der Waals surface area contributed by atoms with Crippen LogP contribution in [0.5, 0.6) is 0 Å². The van der Waals surface area contributed by atoms with E-state index in [1.165, 1.54) is 0 Å². The summed E-state index contributed by atoms with van der Waals surface area (Å²) in [6.45, 7) is 2.71. The third-order valence-electron chi connectivity index (χ3n) is 5.65. The standard InChI is InChI=1S/C23H32N4O7.ClH/c24-8-10-32-11-12-33-13-14-34-15-21(29)27-9-7-17(16-3-1-2-4-19(16)27)22(30)25-18-5-6-20(28)26-23(18)31;/h1-4,17-18H,5-15,24H2,(H,25,30)(H,26,28,31);1H/t17-,18+;/m1./s1. The first-order valence-corrected chi connectivity index (χ1v) is 11.5. The van der Waals surface area contributed by atoms with Crippen LogP contribution in [0.3, 0.4) is 0 Å². The van der Waals surface area contributed by atoms with Gasteiger partial charge >= 0.3 is 0 Å². The Morgan fingerprint density at radius 3 is 2.43 bits per heavy atom. The summed E-state index contributed by atoms with van der Waals surface area (Å²) in [5, 5.41) is 5.00. The molecule has 2 aliphatic rings. The van der Waals surface area contributed by atoms with Gasteiger partial charge in [-0.15, -0.1) is 12.4 Å². The van der Waals surface area contributed by atoms with Crippen molar-refractivity contribution in [2.45, 2.75) is 31.2 Å². The minimum absolute atomic E-state index is 0. The summed E-state index contributed by atoms with van der Waals surface area (Å²) >= 11 is 0. The number of anilines is 1. The number of nitrogens with zero attached hydrogens (tertiary/aromatic N) is 1. The van der Waals surface area contributed by atoms with Gasteiger partial charge in [-0.25, -0.2) is 0 Å². The molecule has 0 bridgehead atoms. The minimum atomic E-state index is -0.736. The van der Waals surface area contributed by atoms with Crippen LogP contribution in [0.2, 0.25) is 0 Å². The van der Waals surface area contributed by atoms with E-state index < -0.39 is 17.9 Å². The van der Waals surface area contributed by atoms with Gasteiger partial charge in [0.1, 0.15) is 12.6 Å². The molecule has 4 N–H and O–H groups in total. The molecule has 2 heterocycles. The van der Waals surface area contributed by atoms with Gasteiger partial charge in [-0.05, 0) is 24.5 Å². The molecule has 1 fully saturated rings. The number of para-hydroxylation sites is 1. The predicted octanol–water partition coefficient (Wildman–Crippen LogP) is -0.141.